The Kier molecular flexibility index (Phi) is 4.98. The molecule has 2 heterocycles. The van der Waals surface area contributed by atoms with Gasteiger partial charge in [0.2, 0.25) is 0 Å². The third-order valence-electron chi connectivity index (χ3n) is 4.58. The lowest BCUT2D eigenvalue weighted by molar-refractivity contribution is 0.102. The third kappa shape index (κ3) is 3.75. The first-order chi connectivity index (χ1) is 13.2. The van der Waals surface area contributed by atoms with E-state index in [9.17, 15) is 9.59 Å². The van der Waals surface area contributed by atoms with Crippen LogP contribution < -0.4 is 10.6 Å². The molecule has 0 atom stereocenters. The topological polar surface area (TPSA) is 71.1 Å². The largest absolute Gasteiger partial charge is 0.322 e. The van der Waals surface area contributed by atoms with Crippen LogP contribution in [0.5, 0.6) is 0 Å². The Morgan fingerprint density at radius 1 is 0.926 bits per heavy atom. The highest BCUT2D eigenvalue weighted by atomic mass is 32.1. The minimum atomic E-state index is -0.254. The fraction of sp³-hybridized carbons (Fsp3) is 0.190. The van der Waals surface area contributed by atoms with Crippen LogP contribution in [0.2, 0.25) is 0 Å². The smallest absolute Gasteiger partial charge is 0.258 e. The Morgan fingerprint density at radius 3 is 2.52 bits per heavy atom. The number of hydrogen-bond acceptors (Lipinski definition) is 4. The maximum Gasteiger partial charge on any atom is 0.258 e. The highest BCUT2D eigenvalue weighted by molar-refractivity contribution is 7.17. The number of aryl methyl sites for hydroxylation is 1. The van der Waals surface area contributed by atoms with E-state index in [1.165, 1.54) is 22.4 Å². The molecule has 0 saturated carbocycles. The second kappa shape index (κ2) is 7.72. The van der Waals surface area contributed by atoms with E-state index in [0.717, 1.165) is 36.9 Å². The van der Waals surface area contributed by atoms with E-state index in [-0.39, 0.29) is 11.8 Å². The predicted molar refractivity (Wildman–Crippen MR) is 108 cm³/mol. The van der Waals surface area contributed by atoms with E-state index >= 15 is 0 Å². The third-order valence-corrected chi connectivity index (χ3v) is 5.79. The average molecular weight is 377 g/mol. The molecular formula is C21H19N3O2S. The van der Waals surface area contributed by atoms with Crippen molar-refractivity contribution in [2.45, 2.75) is 25.7 Å². The van der Waals surface area contributed by atoms with E-state index in [1.54, 1.807) is 18.3 Å². The van der Waals surface area contributed by atoms with Gasteiger partial charge in [0.1, 0.15) is 5.00 Å². The van der Waals surface area contributed by atoms with Crippen molar-refractivity contribution in [3.05, 3.63) is 76.4 Å². The number of nitrogens with zero attached hydrogens (tertiary/aromatic N) is 1. The molecule has 0 unspecified atom stereocenters. The second-order valence-electron chi connectivity index (χ2n) is 6.43. The van der Waals surface area contributed by atoms with Crippen LogP contribution in [-0.2, 0) is 12.8 Å². The second-order valence-corrected chi connectivity index (χ2v) is 7.54. The number of para-hydroxylation sites is 1. The van der Waals surface area contributed by atoms with Crippen LogP contribution in [-0.4, -0.2) is 16.8 Å². The van der Waals surface area contributed by atoms with Crippen LogP contribution in [0.25, 0.3) is 0 Å². The zero-order valence-electron chi connectivity index (χ0n) is 14.7. The van der Waals surface area contributed by atoms with Gasteiger partial charge in [-0.3, -0.25) is 14.6 Å². The van der Waals surface area contributed by atoms with E-state index in [0.29, 0.717) is 16.1 Å². The molecule has 5 nitrogen and oxygen atoms in total. The van der Waals surface area contributed by atoms with Crippen LogP contribution in [0.3, 0.4) is 0 Å². The molecule has 27 heavy (non-hydrogen) atoms. The number of rotatable bonds is 4. The van der Waals surface area contributed by atoms with Crippen molar-refractivity contribution in [2.24, 2.45) is 0 Å². The van der Waals surface area contributed by atoms with Gasteiger partial charge in [-0.15, -0.1) is 11.3 Å². The normalized spacial score (nSPS) is 12.9. The van der Waals surface area contributed by atoms with Gasteiger partial charge in [-0.05, 0) is 55.5 Å². The maximum atomic E-state index is 13.0. The molecule has 1 aliphatic carbocycles. The standard InChI is InChI=1S/C21H19N3O2S/c25-19(14-7-6-12-22-13-14)24-21-18(16-10-4-5-11-17(16)27-21)20(26)23-15-8-2-1-3-9-15/h1-3,6-9,12-13H,4-5,10-11H2,(H,23,26)(H,24,25). The number of benzene rings is 1. The lowest BCUT2D eigenvalue weighted by Gasteiger charge is -2.13. The zero-order valence-corrected chi connectivity index (χ0v) is 15.5. The van der Waals surface area contributed by atoms with Gasteiger partial charge in [0.25, 0.3) is 11.8 Å². The molecule has 1 aliphatic rings. The summed E-state index contributed by atoms with van der Waals surface area (Å²) in [5, 5.41) is 6.50. The Morgan fingerprint density at radius 2 is 1.74 bits per heavy atom. The summed E-state index contributed by atoms with van der Waals surface area (Å²) in [5.74, 6) is -0.433. The Bertz CT molecular complexity index is 968. The molecule has 3 aromatic rings. The van der Waals surface area contributed by atoms with Crippen LogP contribution in [0.15, 0.2) is 54.9 Å². The lowest BCUT2D eigenvalue weighted by atomic mass is 9.95. The SMILES string of the molecule is O=C(Nc1sc2c(c1C(=O)Nc1ccccc1)CCCC2)c1cccnc1. The van der Waals surface area contributed by atoms with Gasteiger partial charge in [-0.1, -0.05) is 18.2 Å². The quantitative estimate of drug-likeness (QED) is 0.702. The van der Waals surface area contributed by atoms with E-state index in [2.05, 4.69) is 15.6 Å². The number of hydrogen-bond donors (Lipinski definition) is 2. The Hall–Kier alpha value is -2.99. The van der Waals surface area contributed by atoms with E-state index in [1.807, 2.05) is 30.3 Å². The van der Waals surface area contributed by atoms with Crippen LogP contribution in [0, 0.1) is 0 Å². The van der Waals surface area contributed by atoms with Gasteiger partial charge in [0.05, 0.1) is 11.1 Å². The monoisotopic (exact) mass is 377 g/mol. The number of nitrogens with one attached hydrogen (secondary N) is 2. The van der Waals surface area contributed by atoms with Crippen molar-refractivity contribution in [3.63, 3.8) is 0 Å². The lowest BCUT2D eigenvalue weighted by Crippen LogP contribution is -2.18. The van der Waals surface area contributed by atoms with Gasteiger partial charge in [-0.25, -0.2) is 0 Å². The molecule has 4 rings (SSSR count). The number of pyridine rings is 1. The summed E-state index contributed by atoms with van der Waals surface area (Å²) in [6.45, 7) is 0. The van der Waals surface area contributed by atoms with Crippen LogP contribution >= 0.6 is 11.3 Å². The van der Waals surface area contributed by atoms with Crippen LogP contribution in [0.1, 0.15) is 44.0 Å². The van der Waals surface area contributed by atoms with Gasteiger partial charge in [0.15, 0.2) is 0 Å². The first-order valence-corrected chi connectivity index (χ1v) is 9.76. The number of aromatic nitrogens is 1. The number of thiophene rings is 1. The Balaban J connectivity index is 1.66. The van der Waals surface area contributed by atoms with Crippen molar-refractivity contribution in [2.75, 3.05) is 10.6 Å². The van der Waals surface area contributed by atoms with Gasteiger partial charge in [0, 0.05) is 23.0 Å². The Labute approximate surface area is 161 Å². The van der Waals surface area contributed by atoms with Crippen molar-refractivity contribution in [1.29, 1.82) is 0 Å². The molecule has 0 radical (unpaired) electrons. The first kappa shape index (κ1) is 17.4. The summed E-state index contributed by atoms with van der Waals surface area (Å²) >= 11 is 1.51. The van der Waals surface area contributed by atoms with Gasteiger partial charge in [-0.2, -0.15) is 0 Å². The molecule has 2 N–H and O–H groups in total. The fourth-order valence-electron chi connectivity index (χ4n) is 3.28. The molecule has 0 spiro atoms. The molecule has 2 amide bonds. The summed E-state index contributed by atoms with van der Waals surface area (Å²) in [6, 6.07) is 12.8. The van der Waals surface area contributed by atoms with E-state index < -0.39 is 0 Å². The van der Waals surface area contributed by atoms with Crippen molar-refractivity contribution in [3.8, 4) is 0 Å². The number of carbonyl (C=O) groups excluding carboxylic acids is 2. The summed E-state index contributed by atoms with van der Waals surface area (Å²) in [6.07, 6.45) is 7.14. The zero-order chi connectivity index (χ0) is 18.6. The number of fused-ring (bicyclic) bond motifs is 1. The molecular weight excluding hydrogens is 358 g/mol. The highest BCUT2D eigenvalue weighted by Gasteiger charge is 2.26. The van der Waals surface area contributed by atoms with E-state index in [4.69, 9.17) is 0 Å². The van der Waals surface area contributed by atoms with Crippen molar-refractivity contribution in [1.82, 2.24) is 4.98 Å². The van der Waals surface area contributed by atoms with Gasteiger partial charge < -0.3 is 10.6 Å². The fourth-order valence-corrected chi connectivity index (χ4v) is 4.56. The molecule has 0 fully saturated rings. The summed E-state index contributed by atoms with van der Waals surface area (Å²) in [5.41, 5.74) is 2.87. The molecule has 6 heteroatoms. The van der Waals surface area contributed by atoms with Crippen molar-refractivity contribution < 1.29 is 9.59 Å². The van der Waals surface area contributed by atoms with Crippen molar-refractivity contribution >= 4 is 33.8 Å². The number of anilines is 2. The molecule has 0 aliphatic heterocycles. The number of carbonyl (C=O) groups is 2. The minimum Gasteiger partial charge on any atom is -0.322 e. The summed E-state index contributed by atoms with van der Waals surface area (Å²) in [4.78, 5) is 30.8. The van der Waals surface area contributed by atoms with Crippen LogP contribution in [0.4, 0.5) is 10.7 Å². The van der Waals surface area contributed by atoms with Gasteiger partial charge >= 0.3 is 0 Å². The minimum absolute atomic E-state index is 0.179. The average Bonchev–Trinajstić information content (AvgIpc) is 3.07. The molecule has 0 saturated heterocycles. The molecule has 1 aromatic carbocycles. The predicted octanol–water partition coefficient (Wildman–Crippen LogP) is 4.53. The highest BCUT2D eigenvalue weighted by Crippen LogP contribution is 2.38. The first-order valence-electron chi connectivity index (χ1n) is 8.94. The number of amides is 2. The molecule has 2 aromatic heterocycles. The maximum absolute atomic E-state index is 13.0. The summed E-state index contributed by atoms with van der Waals surface area (Å²) < 4.78 is 0. The summed E-state index contributed by atoms with van der Waals surface area (Å²) in [7, 11) is 0. The molecule has 0 bridgehead atoms. The molecule has 136 valence electrons.